The first-order valence-electron chi connectivity index (χ1n) is 5.21. The number of hydrogen-bond acceptors (Lipinski definition) is 4. The van der Waals surface area contributed by atoms with Crippen LogP contribution in [0.15, 0.2) is 39.4 Å². The summed E-state index contributed by atoms with van der Waals surface area (Å²) >= 11 is 6.57. The second-order valence-corrected chi connectivity index (χ2v) is 5.52. The maximum atomic E-state index is 10.6. The lowest BCUT2D eigenvalue weighted by Crippen LogP contribution is -1.94. The Morgan fingerprint density at radius 2 is 2.05 bits per heavy atom. The lowest BCUT2D eigenvalue weighted by atomic mass is 10.2. The summed E-state index contributed by atoms with van der Waals surface area (Å²) < 4.78 is 6.96. The topological polar surface area (TPSA) is 65.3 Å². The minimum absolute atomic E-state index is 0.0924. The van der Waals surface area contributed by atoms with Crippen LogP contribution in [0.4, 0.5) is 5.69 Å². The van der Waals surface area contributed by atoms with Gasteiger partial charge >= 0.3 is 0 Å². The van der Waals surface area contributed by atoms with E-state index in [4.69, 9.17) is 4.74 Å². The third-order valence-corrected chi connectivity index (χ3v) is 3.42. The number of aromatic nitrogens is 1. The van der Waals surface area contributed by atoms with Crippen molar-refractivity contribution >= 4 is 37.5 Å². The summed E-state index contributed by atoms with van der Waals surface area (Å²) in [6.07, 6.45) is 1.16. The number of nitrogens with zero attached hydrogens (tertiary/aromatic N) is 2. The van der Waals surface area contributed by atoms with E-state index in [0.717, 1.165) is 16.2 Å². The van der Waals surface area contributed by atoms with E-state index in [1.165, 1.54) is 6.07 Å². The monoisotopic (exact) mass is 386 g/mol. The van der Waals surface area contributed by atoms with Gasteiger partial charge in [0.15, 0.2) is 0 Å². The number of pyridine rings is 1. The van der Waals surface area contributed by atoms with Gasteiger partial charge in [0.1, 0.15) is 11.9 Å². The molecule has 98 valence electrons. The number of benzene rings is 1. The van der Waals surface area contributed by atoms with Crippen molar-refractivity contribution in [2.45, 2.75) is 6.92 Å². The summed E-state index contributed by atoms with van der Waals surface area (Å²) in [6, 6.07) is 6.97. The average Bonchev–Trinajstić information content (AvgIpc) is 2.36. The number of ether oxygens (including phenoxy) is 1. The Labute approximate surface area is 126 Å². The van der Waals surface area contributed by atoms with Gasteiger partial charge in [0.05, 0.1) is 9.40 Å². The number of nitro groups is 1. The van der Waals surface area contributed by atoms with E-state index < -0.39 is 4.92 Å². The number of halogens is 2. The van der Waals surface area contributed by atoms with Gasteiger partial charge in [-0.15, -0.1) is 0 Å². The van der Waals surface area contributed by atoms with Crippen molar-refractivity contribution < 1.29 is 9.66 Å². The summed E-state index contributed by atoms with van der Waals surface area (Å²) in [5.41, 5.74) is 0.848. The fourth-order valence-corrected chi connectivity index (χ4v) is 2.14. The largest absolute Gasteiger partial charge is 0.438 e. The van der Waals surface area contributed by atoms with Gasteiger partial charge in [0, 0.05) is 10.5 Å². The minimum atomic E-state index is -0.508. The highest BCUT2D eigenvalue weighted by Crippen LogP contribution is 2.32. The van der Waals surface area contributed by atoms with E-state index in [0.29, 0.717) is 10.2 Å². The molecule has 0 bridgehead atoms. The Hall–Kier alpha value is -1.47. The Morgan fingerprint density at radius 3 is 2.68 bits per heavy atom. The van der Waals surface area contributed by atoms with Crippen LogP contribution in [0.25, 0.3) is 0 Å². The molecule has 5 nitrogen and oxygen atoms in total. The Morgan fingerprint density at radius 1 is 1.32 bits per heavy atom. The van der Waals surface area contributed by atoms with Crippen LogP contribution in [0.3, 0.4) is 0 Å². The summed E-state index contributed by atoms with van der Waals surface area (Å²) in [6.45, 7) is 1.90. The molecule has 1 aromatic carbocycles. The van der Waals surface area contributed by atoms with Crippen molar-refractivity contribution in [2.75, 3.05) is 0 Å². The lowest BCUT2D eigenvalue weighted by Gasteiger charge is -2.09. The lowest BCUT2D eigenvalue weighted by molar-refractivity contribution is -0.385. The van der Waals surface area contributed by atoms with Crippen molar-refractivity contribution in [3.05, 3.63) is 55.1 Å². The van der Waals surface area contributed by atoms with Crippen molar-refractivity contribution in [1.82, 2.24) is 4.98 Å². The summed E-state index contributed by atoms with van der Waals surface area (Å²) in [5, 5.41) is 10.6. The van der Waals surface area contributed by atoms with E-state index in [1.54, 1.807) is 0 Å². The molecule has 19 heavy (non-hydrogen) atoms. The van der Waals surface area contributed by atoms with E-state index >= 15 is 0 Å². The Bertz CT molecular complexity index is 647. The summed E-state index contributed by atoms with van der Waals surface area (Å²) in [4.78, 5) is 14.1. The first-order valence-corrected chi connectivity index (χ1v) is 6.80. The van der Waals surface area contributed by atoms with Crippen LogP contribution in [0, 0.1) is 17.0 Å². The standard InChI is InChI=1S/C12H8Br2N2O3/c1-7-2-3-8(13)4-11(7)19-12-10(14)5-9(6-15-12)16(17)18/h2-6H,1H3. The molecule has 1 heterocycles. The van der Waals surface area contributed by atoms with Crippen LogP contribution in [-0.4, -0.2) is 9.91 Å². The van der Waals surface area contributed by atoms with Crippen LogP contribution in [0.1, 0.15) is 5.56 Å². The molecule has 2 rings (SSSR count). The molecule has 2 aromatic rings. The summed E-state index contributed by atoms with van der Waals surface area (Å²) in [5.74, 6) is 0.920. The highest BCUT2D eigenvalue weighted by atomic mass is 79.9. The number of aryl methyl sites for hydroxylation is 1. The van der Waals surface area contributed by atoms with Gasteiger partial charge in [-0.25, -0.2) is 4.98 Å². The molecule has 0 fully saturated rings. The molecule has 0 aliphatic carbocycles. The molecule has 1 aromatic heterocycles. The van der Waals surface area contributed by atoms with Crippen molar-refractivity contribution in [1.29, 1.82) is 0 Å². The van der Waals surface area contributed by atoms with Gasteiger partial charge in [-0.2, -0.15) is 0 Å². The smallest absolute Gasteiger partial charge is 0.288 e. The predicted molar refractivity (Wildman–Crippen MR) is 77.5 cm³/mol. The normalized spacial score (nSPS) is 10.3. The molecular weight excluding hydrogens is 380 g/mol. The zero-order valence-electron chi connectivity index (χ0n) is 9.76. The van der Waals surface area contributed by atoms with Gasteiger partial charge in [0.25, 0.3) is 5.69 Å². The van der Waals surface area contributed by atoms with E-state index in [1.807, 2.05) is 25.1 Å². The van der Waals surface area contributed by atoms with Crippen LogP contribution in [-0.2, 0) is 0 Å². The quantitative estimate of drug-likeness (QED) is 0.569. The van der Waals surface area contributed by atoms with Gasteiger partial charge < -0.3 is 4.74 Å². The van der Waals surface area contributed by atoms with Crippen molar-refractivity contribution in [3.63, 3.8) is 0 Å². The maximum Gasteiger partial charge on any atom is 0.288 e. The van der Waals surface area contributed by atoms with Crippen LogP contribution < -0.4 is 4.74 Å². The molecule has 0 N–H and O–H groups in total. The molecule has 0 saturated carbocycles. The Kier molecular flexibility index (Phi) is 4.16. The first-order chi connectivity index (χ1) is 8.97. The number of hydrogen-bond donors (Lipinski definition) is 0. The molecule has 0 atom stereocenters. The molecule has 0 unspecified atom stereocenters. The van der Waals surface area contributed by atoms with E-state index in [9.17, 15) is 10.1 Å². The summed E-state index contributed by atoms with van der Waals surface area (Å²) in [7, 11) is 0. The molecule has 0 spiro atoms. The molecule has 0 amide bonds. The molecule has 7 heteroatoms. The molecular formula is C12H8Br2N2O3. The van der Waals surface area contributed by atoms with Crippen LogP contribution in [0.5, 0.6) is 11.6 Å². The minimum Gasteiger partial charge on any atom is -0.438 e. The van der Waals surface area contributed by atoms with Gasteiger partial charge in [-0.05, 0) is 40.5 Å². The molecule has 0 radical (unpaired) electrons. The second kappa shape index (κ2) is 5.66. The van der Waals surface area contributed by atoms with Crippen molar-refractivity contribution in [3.8, 4) is 11.6 Å². The highest BCUT2D eigenvalue weighted by molar-refractivity contribution is 9.10. The fraction of sp³-hybridized carbons (Fsp3) is 0.0833. The van der Waals surface area contributed by atoms with Crippen LogP contribution >= 0.6 is 31.9 Å². The van der Waals surface area contributed by atoms with Gasteiger partial charge in [0.2, 0.25) is 5.88 Å². The Balaban J connectivity index is 2.33. The zero-order chi connectivity index (χ0) is 14.0. The third-order valence-electron chi connectivity index (χ3n) is 2.36. The zero-order valence-corrected chi connectivity index (χ0v) is 12.9. The molecule has 0 aliphatic rings. The van der Waals surface area contributed by atoms with Gasteiger partial charge in [-0.1, -0.05) is 22.0 Å². The van der Waals surface area contributed by atoms with Crippen molar-refractivity contribution in [2.24, 2.45) is 0 Å². The molecule has 0 saturated heterocycles. The second-order valence-electron chi connectivity index (χ2n) is 3.75. The average molecular weight is 388 g/mol. The van der Waals surface area contributed by atoms with Crippen LogP contribution in [0.2, 0.25) is 0 Å². The predicted octanol–water partition coefficient (Wildman–Crippen LogP) is 4.62. The number of rotatable bonds is 3. The maximum absolute atomic E-state index is 10.6. The SMILES string of the molecule is Cc1ccc(Br)cc1Oc1ncc([N+](=O)[O-])cc1Br. The first kappa shape index (κ1) is 14.0. The fourth-order valence-electron chi connectivity index (χ4n) is 1.38. The highest BCUT2D eigenvalue weighted by Gasteiger charge is 2.13. The van der Waals surface area contributed by atoms with E-state index in [-0.39, 0.29) is 11.6 Å². The molecule has 0 aliphatic heterocycles. The van der Waals surface area contributed by atoms with E-state index in [2.05, 4.69) is 36.8 Å². The third kappa shape index (κ3) is 3.30. The van der Waals surface area contributed by atoms with Gasteiger partial charge in [-0.3, -0.25) is 10.1 Å².